The van der Waals surface area contributed by atoms with Crippen molar-refractivity contribution in [3.63, 3.8) is 0 Å². The average Bonchev–Trinajstić information content (AvgIpc) is 2.82. The zero-order valence-electron chi connectivity index (χ0n) is 17.6. The number of nitrogens with one attached hydrogen (secondary N) is 1. The molecule has 0 heterocycles. The van der Waals surface area contributed by atoms with Crippen molar-refractivity contribution in [3.8, 4) is 11.8 Å². The van der Waals surface area contributed by atoms with E-state index in [-0.39, 0.29) is 24.1 Å². The first-order valence-corrected chi connectivity index (χ1v) is 10.4. The Morgan fingerprint density at radius 3 is 2.48 bits per heavy atom. The van der Waals surface area contributed by atoms with E-state index < -0.39 is 5.97 Å². The second kappa shape index (κ2) is 11.0. The average molecular weight is 418 g/mol. The number of para-hydroxylation sites is 1. The molecule has 1 N–H and O–H groups in total. The van der Waals surface area contributed by atoms with Crippen molar-refractivity contribution < 1.29 is 19.1 Å². The Morgan fingerprint density at radius 1 is 1.10 bits per heavy atom. The number of nitriles is 1. The minimum Gasteiger partial charge on any atom is -0.488 e. The standard InChI is InChI=1S/C25H26N2O4/c1-30-25(29)19-13-11-18(12-14-19)17-31-23-10-6-5-7-20(23)15-21(16-26)24(28)27-22-8-3-2-4-9-22/h5-7,10-15,22H,2-4,8-9,17H2,1H3,(H,27,28)/b21-15+. The lowest BCUT2D eigenvalue weighted by atomic mass is 9.95. The van der Waals surface area contributed by atoms with E-state index in [0.29, 0.717) is 16.9 Å². The molecule has 0 bridgehead atoms. The first kappa shape index (κ1) is 22.1. The van der Waals surface area contributed by atoms with Crippen LogP contribution in [0.5, 0.6) is 5.75 Å². The van der Waals surface area contributed by atoms with Gasteiger partial charge in [-0.15, -0.1) is 0 Å². The summed E-state index contributed by atoms with van der Waals surface area (Å²) in [5.74, 6) is -0.168. The van der Waals surface area contributed by atoms with Gasteiger partial charge in [-0.25, -0.2) is 4.79 Å². The largest absolute Gasteiger partial charge is 0.488 e. The summed E-state index contributed by atoms with van der Waals surface area (Å²) in [6.07, 6.45) is 6.89. The molecule has 3 rings (SSSR count). The van der Waals surface area contributed by atoms with Crippen LogP contribution in [-0.4, -0.2) is 25.0 Å². The molecule has 2 aromatic carbocycles. The number of methoxy groups -OCH3 is 1. The summed E-state index contributed by atoms with van der Waals surface area (Å²) in [4.78, 5) is 24.1. The second-order valence-electron chi connectivity index (χ2n) is 7.49. The Bertz CT molecular complexity index is 983. The molecular formula is C25H26N2O4. The van der Waals surface area contributed by atoms with Crippen LogP contribution < -0.4 is 10.1 Å². The van der Waals surface area contributed by atoms with Gasteiger partial charge in [-0.05, 0) is 42.7 Å². The van der Waals surface area contributed by atoms with Gasteiger partial charge >= 0.3 is 5.97 Å². The van der Waals surface area contributed by atoms with Gasteiger partial charge in [0.15, 0.2) is 0 Å². The summed E-state index contributed by atoms with van der Waals surface area (Å²) < 4.78 is 10.6. The van der Waals surface area contributed by atoms with Crippen LogP contribution in [0, 0.1) is 11.3 Å². The highest BCUT2D eigenvalue weighted by molar-refractivity contribution is 6.02. The third-order valence-corrected chi connectivity index (χ3v) is 5.29. The van der Waals surface area contributed by atoms with Crippen molar-refractivity contribution in [1.29, 1.82) is 5.26 Å². The summed E-state index contributed by atoms with van der Waals surface area (Å²) in [6.45, 7) is 0.280. The highest BCUT2D eigenvalue weighted by Gasteiger charge is 2.18. The summed E-state index contributed by atoms with van der Waals surface area (Å²) in [5.41, 5.74) is 2.06. The van der Waals surface area contributed by atoms with Gasteiger partial charge in [0, 0.05) is 11.6 Å². The first-order valence-electron chi connectivity index (χ1n) is 10.4. The first-order chi connectivity index (χ1) is 15.1. The quantitative estimate of drug-likeness (QED) is 0.409. The fourth-order valence-corrected chi connectivity index (χ4v) is 3.56. The van der Waals surface area contributed by atoms with Gasteiger partial charge < -0.3 is 14.8 Å². The van der Waals surface area contributed by atoms with E-state index in [1.54, 1.807) is 42.5 Å². The number of hydrogen-bond acceptors (Lipinski definition) is 5. The van der Waals surface area contributed by atoms with Crippen LogP contribution in [0.3, 0.4) is 0 Å². The lowest BCUT2D eigenvalue weighted by Crippen LogP contribution is -2.36. The van der Waals surface area contributed by atoms with Crippen molar-refractivity contribution in [2.45, 2.75) is 44.8 Å². The predicted octanol–water partition coefficient (Wildman–Crippen LogP) is 4.41. The van der Waals surface area contributed by atoms with E-state index in [1.165, 1.54) is 13.5 Å². The number of carbonyl (C=O) groups excluding carboxylic acids is 2. The van der Waals surface area contributed by atoms with E-state index in [0.717, 1.165) is 31.2 Å². The number of ether oxygens (including phenoxy) is 2. The van der Waals surface area contributed by atoms with E-state index in [2.05, 4.69) is 5.32 Å². The number of esters is 1. The Kier molecular flexibility index (Phi) is 7.83. The molecule has 0 aliphatic heterocycles. The van der Waals surface area contributed by atoms with Gasteiger partial charge in [-0.2, -0.15) is 5.26 Å². The number of hydrogen-bond donors (Lipinski definition) is 1. The topological polar surface area (TPSA) is 88.4 Å². The van der Waals surface area contributed by atoms with E-state index in [1.807, 2.05) is 18.2 Å². The molecule has 1 aliphatic rings. The van der Waals surface area contributed by atoms with Gasteiger partial charge in [-0.1, -0.05) is 49.6 Å². The molecule has 0 spiro atoms. The van der Waals surface area contributed by atoms with Gasteiger partial charge in [0.2, 0.25) is 0 Å². The lowest BCUT2D eigenvalue weighted by molar-refractivity contribution is -0.117. The maximum atomic E-state index is 12.6. The van der Waals surface area contributed by atoms with Gasteiger partial charge in [0.25, 0.3) is 5.91 Å². The zero-order chi connectivity index (χ0) is 22.1. The van der Waals surface area contributed by atoms with E-state index >= 15 is 0 Å². The Labute approximate surface area is 182 Å². The molecule has 0 unspecified atom stereocenters. The highest BCUT2D eigenvalue weighted by Crippen LogP contribution is 2.23. The fourth-order valence-electron chi connectivity index (χ4n) is 3.56. The smallest absolute Gasteiger partial charge is 0.337 e. The molecule has 0 saturated heterocycles. The number of benzene rings is 2. The third-order valence-electron chi connectivity index (χ3n) is 5.29. The number of carbonyl (C=O) groups is 2. The zero-order valence-corrected chi connectivity index (χ0v) is 17.6. The van der Waals surface area contributed by atoms with E-state index in [4.69, 9.17) is 9.47 Å². The number of nitrogens with zero attached hydrogens (tertiary/aromatic N) is 1. The summed E-state index contributed by atoms with van der Waals surface area (Å²) in [6, 6.07) is 16.4. The van der Waals surface area contributed by atoms with Crippen molar-refractivity contribution in [3.05, 3.63) is 70.8 Å². The summed E-state index contributed by atoms with van der Waals surface area (Å²) in [5, 5.41) is 12.5. The van der Waals surface area contributed by atoms with Crippen LogP contribution in [0.25, 0.3) is 6.08 Å². The maximum Gasteiger partial charge on any atom is 0.337 e. The van der Waals surface area contributed by atoms with Crippen molar-refractivity contribution >= 4 is 18.0 Å². The molecule has 2 aromatic rings. The number of rotatable bonds is 7. The van der Waals surface area contributed by atoms with Gasteiger partial charge in [0.1, 0.15) is 24.0 Å². The van der Waals surface area contributed by atoms with Crippen LogP contribution in [0.15, 0.2) is 54.1 Å². The molecule has 31 heavy (non-hydrogen) atoms. The molecule has 1 aliphatic carbocycles. The Morgan fingerprint density at radius 2 is 1.81 bits per heavy atom. The normalized spacial score (nSPS) is 14.4. The van der Waals surface area contributed by atoms with E-state index in [9.17, 15) is 14.9 Å². The maximum absolute atomic E-state index is 12.6. The third kappa shape index (κ3) is 6.19. The fraction of sp³-hybridized carbons (Fsp3) is 0.320. The molecule has 6 heteroatoms. The molecule has 6 nitrogen and oxygen atoms in total. The summed E-state index contributed by atoms with van der Waals surface area (Å²) >= 11 is 0. The molecule has 1 amide bonds. The van der Waals surface area contributed by atoms with Crippen LogP contribution >= 0.6 is 0 Å². The lowest BCUT2D eigenvalue weighted by Gasteiger charge is -2.22. The van der Waals surface area contributed by atoms with Crippen LogP contribution in [-0.2, 0) is 16.1 Å². The number of amides is 1. The van der Waals surface area contributed by atoms with Crippen molar-refractivity contribution in [1.82, 2.24) is 5.32 Å². The van der Waals surface area contributed by atoms with Crippen molar-refractivity contribution in [2.75, 3.05) is 7.11 Å². The molecule has 0 atom stereocenters. The molecule has 0 radical (unpaired) electrons. The molecule has 0 aromatic heterocycles. The van der Waals surface area contributed by atoms with Gasteiger partial charge in [0.05, 0.1) is 12.7 Å². The molecule has 160 valence electrons. The van der Waals surface area contributed by atoms with Crippen LogP contribution in [0.2, 0.25) is 0 Å². The highest BCUT2D eigenvalue weighted by atomic mass is 16.5. The monoisotopic (exact) mass is 418 g/mol. The van der Waals surface area contributed by atoms with Crippen LogP contribution in [0.1, 0.15) is 53.6 Å². The molecular weight excluding hydrogens is 392 g/mol. The predicted molar refractivity (Wildman–Crippen MR) is 117 cm³/mol. The van der Waals surface area contributed by atoms with Gasteiger partial charge in [-0.3, -0.25) is 4.79 Å². The Hall–Kier alpha value is -3.59. The molecule has 1 fully saturated rings. The SMILES string of the molecule is COC(=O)c1ccc(COc2ccccc2/C=C(\C#N)C(=O)NC2CCCCC2)cc1. The minimum absolute atomic E-state index is 0.0593. The van der Waals surface area contributed by atoms with Crippen molar-refractivity contribution in [2.24, 2.45) is 0 Å². The summed E-state index contributed by atoms with van der Waals surface area (Å²) in [7, 11) is 1.34. The second-order valence-corrected chi connectivity index (χ2v) is 7.49. The Balaban J connectivity index is 1.69. The molecule has 1 saturated carbocycles. The van der Waals surface area contributed by atoms with Crippen LogP contribution in [0.4, 0.5) is 0 Å². The minimum atomic E-state index is -0.390.